The van der Waals surface area contributed by atoms with Crippen LogP contribution in [0.5, 0.6) is 0 Å². The molecule has 0 saturated heterocycles. The molecule has 1 aromatic heterocycles. The monoisotopic (exact) mass is 547 g/mol. The van der Waals surface area contributed by atoms with Gasteiger partial charge in [-0.25, -0.2) is 13.1 Å². The van der Waals surface area contributed by atoms with Gasteiger partial charge in [0.15, 0.2) is 5.96 Å². The minimum Gasteiger partial charge on any atom is -0.361 e. The number of sulfonamides is 1. The van der Waals surface area contributed by atoms with Gasteiger partial charge in [0, 0.05) is 43.8 Å². The number of aromatic amines is 1. The Labute approximate surface area is 197 Å². The molecule has 1 saturated carbocycles. The quantitative estimate of drug-likeness (QED) is 0.209. The highest BCUT2D eigenvalue weighted by atomic mass is 127. The highest BCUT2D eigenvalue weighted by Gasteiger charge is 2.20. The third kappa shape index (κ3) is 6.84. The van der Waals surface area contributed by atoms with E-state index in [0.29, 0.717) is 25.0 Å². The Balaban J connectivity index is 0.00000320. The van der Waals surface area contributed by atoms with Gasteiger partial charge in [-0.15, -0.1) is 24.0 Å². The Morgan fingerprint density at radius 2 is 1.97 bits per heavy atom. The fraction of sp³-hybridized carbons (Fsp3) is 0.571. The Bertz CT molecular complexity index is 938. The third-order valence-electron chi connectivity index (χ3n) is 5.66. The molecule has 168 valence electrons. The van der Waals surface area contributed by atoms with Gasteiger partial charge in [0.05, 0.1) is 5.75 Å². The van der Waals surface area contributed by atoms with Crippen LogP contribution in [-0.2, 0) is 22.9 Å². The van der Waals surface area contributed by atoms with Gasteiger partial charge in [-0.2, -0.15) is 0 Å². The molecular formula is C21H34IN5O2S. The fourth-order valence-corrected chi connectivity index (χ4v) is 4.64. The average Bonchev–Trinajstić information content (AvgIpc) is 3.08. The number of halogens is 1. The van der Waals surface area contributed by atoms with E-state index in [9.17, 15) is 8.42 Å². The first kappa shape index (κ1) is 24.9. The number of aliphatic imine (C=N–C) groups is 1. The number of H-pyrrole nitrogens is 1. The summed E-state index contributed by atoms with van der Waals surface area (Å²) >= 11 is 0. The summed E-state index contributed by atoms with van der Waals surface area (Å²) in [4.78, 5) is 7.58. The van der Waals surface area contributed by atoms with Crippen molar-refractivity contribution in [2.75, 3.05) is 32.4 Å². The van der Waals surface area contributed by atoms with Gasteiger partial charge >= 0.3 is 0 Å². The molecule has 30 heavy (non-hydrogen) atoms. The predicted molar refractivity (Wildman–Crippen MR) is 135 cm³/mol. The molecule has 1 heterocycles. The fourth-order valence-electron chi connectivity index (χ4n) is 3.63. The zero-order valence-corrected chi connectivity index (χ0v) is 21.0. The highest BCUT2D eigenvalue weighted by molar-refractivity contribution is 14.0. The summed E-state index contributed by atoms with van der Waals surface area (Å²) in [5, 5.41) is 7.62. The topological polar surface area (TPSA) is 98.4 Å². The van der Waals surface area contributed by atoms with Crippen LogP contribution in [0.1, 0.15) is 37.3 Å². The van der Waals surface area contributed by atoms with Crippen LogP contribution in [0.25, 0.3) is 10.9 Å². The van der Waals surface area contributed by atoms with Crippen molar-refractivity contribution in [3.63, 3.8) is 0 Å². The van der Waals surface area contributed by atoms with Crippen LogP contribution in [0.15, 0.2) is 29.4 Å². The van der Waals surface area contributed by atoms with E-state index in [0.717, 1.165) is 32.2 Å². The first-order valence-corrected chi connectivity index (χ1v) is 12.2. The summed E-state index contributed by atoms with van der Waals surface area (Å²) < 4.78 is 26.9. The second-order valence-electron chi connectivity index (χ2n) is 7.65. The molecule has 0 spiro atoms. The maximum atomic E-state index is 12.1. The molecule has 0 aliphatic heterocycles. The largest absolute Gasteiger partial charge is 0.361 e. The van der Waals surface area contributed by atoms with Crippen LogP contribution in [-0.4, -0.2) is 51.8 Å². The van der Waals surface area contributed by atoms with Crippen LogP contribution in [0.4, 0.5) is 0 Å². The first-order chi connectivity index (χ1) is 14.0. The molecule has 4 N–H and O–H groups in total. The minimum atomic E-state index is -3.24. The highest BCUT2D eigenvalue weighted by Crippen LogP contribution is 2.25. The zero-order valence-electron chi connectivity index (χ0n) is 17.8. The Hall–Kier alpha value is -1.33. The lowest BCUT2D eigenvalue weighted by molar-refractivity contribution is 0.316. The van der Waals surface area contributed by atoms with Gasteiger partial charge in [0.2, 0.25) is 10.0 Å². The summed E-state index contributed by atoms with van der Waals surface area (Å²) in [6.45, 7) is 3.78. The number of hydrogen-bond acceptors (Lipinski definition) is 3. The standard InChI is InChI=1S/C21H33N5O2S.HI/c1-3-17-8-5-9-19-18(15-25-20(17)19)10-11-23-21(22-2)24-12-13-29(27,28)26-14-16-6-4-7-16;/h5,8-9,15-16,25-26H,3-4,6-7,10-14H2,1-2H3,(H2,22,23,24);1H. The normalized spacial score (nSPS) is 14.9. The van der Waals surface area contributed by atoms with Crippen molar-refractivity contribution in [1.29, 1.82) is 0 Å². The Morgan fingerprint density at radius 3 is 2.63 bits per heavy atom. The van der Waals surface area contributed by atoms with E-state index in [4.69, 9.17) is 0 Å². The molecule has 1 aromatic carbocycles. The number of para-hydroxylation sites is 1. The van der Waals surface area contributed by atoms with Crippen molar-refractivity contribution in [3.05, 3.63) is 35.5 Å². The van der Waals surface area contributed by atoms with Gasteiger partial charge < -0.3 is 15.6 Å². The van der Waals surface area contributed by atoms with E-state index in [1.165, 1.54) is 28.5 Å². The SMILES string of the molecule is CCc1cccc2c(CCNC(=NC)NCCS(=O)(=O)NCC3CCC3)c[nH]c12.I. The first-order valence-electron chi connectivity index (χ1n) is 10.5. The summed E-state index contributed by atoms with van der Waals surface area (Å²) in [6.07, 6.45) is 7.41. The Morgan fingerprint density at radius 1 is 1.20 bits per heavy atom. The van der Waals surface area contributed by atoms with Gasteiger partial charge in [0.1, 0.15) is 0 Å². The van der Waals surface area contributed by atoms with E-state index in [1.807, 2.05) is 0 Å². The second kappa shape index (κ2) is 11.9. The van der Waals surface area contributed by atoms with Crippen molar-refractivity contribution in [2.24, 2.45) is 10.9 Å². The van der Waals surface area contributed by atoms with Crippen molar-refractivity contribution in [2.45, 2.75) is 39.0 Å². The van der Waals surface area contributed by atoms with E-state index < -0.39 is 10.0 Å². The van der Waals surface area contributed by atoms with Gasteiger partial charge in [-0.1, -0.05) is 31.5 Å². The van der Waals surface area contributed by atoms with Crippen molar-refractivity contribution < 1.29 is 8.42 Å². The molecule has 0 unspecified atom stereocenters. The zero-order chi connectivity index (χ0) is 20.7. The number of benzene rings is 1. The van der Waals surface area contributed by atoms with Crippen molar-refractivity contribution in [3.8, 4) is 0 Å². The number of aryl methyl sites for hydroxylation is 1. The number of hydrogen-bond donors (Lipinski definition) is 4. The molecule has 0 amide bonds. The summed E-state index contributed by atoms with van der Waals surface area (Å²) in [5.74, 6) is 1.18. The maximum Gasteiger partial charge on any atom is 0.213 e. The van der Waals surface area contributed by atoms with E-state index >= 15 is 0 Å². The van der Waals surface area contributed by atoms with Crippen LogP contribution < -0.4 is 15.4 Å². The van der Waals surface area contributed by atoms with Crippen LogP contribution in [0.3, 0.4) is 0 Å². The van der Waals surface area contributed by atoms with Crippen molar-refractivity contribution in [1.82, 2.24) is 20.3 Å². The average molecular weight is 548 g/mol. The molecule has 0 bridgehead atoms. The van der Waals surface area contributed by atoms with Gasteiger partial charge in [0.25, 0.3) is 0 Å². The number of nitrogens with one attached hydrogen (secondary N) is 4. The van der Waals surface area contributed by atoms with Crippen LogP contribution in [0, 0.1) is 5.92 Å². The van der Waals surface area contributed by atoms with E-state index in [2.05, 4.69) is 56.7 Å². The molecule has 3 rings (SSSR count). The molecular weight excluding hydrogens is 513 g/mol. The molecule has 0 atom stereocenters. The summed E-state index contributed by atoms with van der Waals surface area (Å²) in [5.41, 5.74) is 3.81. The lowest BCUT2D eigenvalue weighted by Gasteiger charge is -2.25. The Kier molecular flexibility index (Phi) is 9.89. The molecule has 1 aliphatic carbocycles. The number of nitrogens with zero attached hydrogens (tertiary/aromatic N) is 1. The van der Waals surface area contributed by atoms with E-state index in [1.54, 1.807) is 7.05 Å². The second-order valence-corrected chi connectivity index (χ2v) is 9.57. The van der Waals surface area contributed by atoms with Crippen molar-refractivity contribution >= 4 is 50.9 Å². The summed E-state index contributed by atoms with van der Waals surface area (Å²) in [7, 11) is -1.55. The maximum absolute atomic E-state index is 12.1. The lowest BCUT2D eigenvalue weighted by atomic mass is 9.86. The van der Waals surface area contributed by atoms with Gasteiger partial charge in [-0.05, 0) is 42.7 Å². The third-order valence-corrected chi connectivity index (χ3v) is 7.01. The smallest absolute Gasteiger partial charge is 0.213 e. The number of fused-ring (bicyclic) bond motifs is 1. The van der Waals surface area contributed by atoms with Gasteiger partial charge in [-0.3, -0.25) is 4.99 Å². The molecule has 2 aromatic rings. The molecule has 1 fully saturated rings. The minimum absolute atomic E-state index is 0. The molecule has 0 radical (unpaired) electrons. The number of aromatic nitrogens is 1. The van der Waals surface area contributed by atoms with Crippen LogP contribution in [0.2, 0.25) is 0 Å². The lowest BCUT2D eigenvalue weighted by Crippen LogP contribution is -2.42. The molecule has 1 aliphatic rings. The molecule has 9 heteroatoms. The number of guanidine groups is 1. The predicted octanol–water partition coefficient (Wildman–Crippen LogP) is 2.78. The number of rotatable bonds is 10. The summed E-state index contributed by atoms with van der Waals surface area (Å²) in [6, 6.07) is 6.41. The molecule has 7 nitrogen and oxygen atoms in total. The van der Waals surface area contributed by atoms with E-state index in [-0.39, 0.29) is 29.7 Å². The van der Waals surface area contributed by atoms with Crippen LogP contribution >= 0.6 is 24.0 Å².